The molecular weight excluding hydrogens is 442 g/mol. The van der Waals surface area contributed by atoms with Crippen LogP contribution in [0.4, 0.5) is 0 Å². The summed E-state index contributed by atoms with van der Waals surface area (Å²) in [7, 11) is -0.493. The van der Waals surface area contributed by atoms with Gasteiger partial charge in [-0.15, -0.1) is 5.10 Å². The predicted octanol–water partition coefficient (Wildman–Crippen LogP) is 2.57. The molecule has 0 saturated carbocycles. The average Bonchev–Trinajstić information content (AvgIpc) is 3.37. The van der Waals surface area contributed by atoms with Gasteiger partial charge in [-0.05, 0) is 49.3 Å². The maximum atomic E-state index is 12.8. The van der Waals surface area contributed by atoms with Crippen molar-refractivity contribution in [2.45, 2.75) is 38.3 Å². The fourth-order valence-electron chi connectivity index (χ4n) is 4.31. The van der Waals surface area contributed by atoms with Crippen LogP contribution in [-0.4, -0.2) is 54.3 Å². The molecule has 1 aliphatic heterocycles. The molecule has 7 nitrogen and oxygen atoms in total. The topological polar surface area (TPSA) is 64.6 Å². The maximum Gasteiger partial charge on any atom is 0.242 e. The van der Waals surface area contributed by atoms with Gasteiger partial charge in [-0.1, -0.05) is 30.3 Å². The summed E-state index contributed by atoms with van der Waals surface area (Å²) < 4.78 is 31.2. The molecule has 2 aromatic carbocycles. The molecule has 0 bridgehead atoms. The van der Waals surface area contributed by atoms with E-state index in [-0.39, 0.29) is 4.90 Å². The van der Waals surface area contributed by atoms with Gasteiger partial charge in [-0.25, -0.2) is 12.7 Å². The second-order valence-corrected chi connectivity index (χ2v) is 11.1. The third-order valence-electron chi connectivity index (χ3n) is 6.06. The SMILES string of the molecule is Cc1cccc(C)c1-n1c(-c2cccc(S(=O)(=O)N(C)C)c2)nn(C[NH+]2CCCC2)c1=S. The van der Waals surface area contributed by atoms with E-state index in [1.807, 2.05) is 21.4 Å². The van der Waals surface area contributed by atoms with Crippen molar-refractivity contribution in [3.8, 4) is 17.1 Å². The molecule has 32 heavy (non-hydrogen) atoms. The summed E-state index contributed by atoms with van der Waals surface area (Å²) in [6.45, 7) is 7.06. The minimum atomic E-state index is -3.56. The molecule has 1 aliphatic rings. The summed E-state index contributed by atoms with van der Waals surface area (Å²) in [5.74, 6) is 0.654. The Kier molecular flexibility index (Phi) is 6.35. The number of benzene rings is 2. The van der Waals surface area contributed by atoms with Gasteiger partial charge in [0.05, 0.1) is 23.7 Å². The highest BCUT2D eigenvalue weighted by atomic mass is 32.2. The molecule has 9 heteroatoms. The average molecular weight is 473 g/mol. The monoisotopic (exact) mass is 472 g/mol. The Morgan fingerprint density at radius 3 is 2.31 bits per heavy atom. The van der Waals surface area contributed by atoms with Crippen molar-refractivity contribution >= 4 is 22.2 Å². The summed E-state index contributed by atoms with van der Waals surface area (Å²) in [6.07, 6.45) is 2.44. The first-order chi connectivity index (χ1) is 15.2. The van der Waals surface area contributed by atoms with E-state index < -0.39 is 10.0 Å². The minimum Gasteiger partial charge on any atom is -0.316 e. The molecule has 1 aromatic heterocycles. The number of rotatable bonds is 6. The standard InChI is InChI=1S/C23H29N5O2S2/c1-17-9-7-10-18(2)21(17)28-22(24-27(23(28)31)16-26-13-5-6-14-26)19-11-8-12-20(15-19)32(29,30)25(3)4/h7-12,15H,5-6,13-14,16H2,1-4H3/p+1. The molecule has 1 fully saturated rings. The number of sulfonamides is 1. The lowest BCUT2D eigenvalue weighted by Gasteiger charge is -2.15. The summed E-state index contributed by atoms with van der Waals surface area (Å²) >= 11 is 5.92. The molecule has 0 atom stereocenters. The zero-order valence-electron chi connectivity index (χ0n) is 19.0. The Hall–Kier alpha value is -2.33. The van der Waals surface area contributed by atoms with Crippen LogP contribution in [-0.2, 0) is 16.7 Å². The van der Waals surface area contributed by atoms with E-state index in [4.69, 9.17) is 17.3 Å². The lowest BCUT2D eigenvalue weighted by Crippen LogP contribution is -3.09. The number of aromatic nitrogens is 3. The van der Waals surface area contributed by atoms with Crippen molar-refractivity contribution in [2.75, 3.05) is 27.2 Å². The first kappa shape index (κ1) is 22.8. The largest absolute Gasteiger partial charge is 0.316 e. The Morgan fingerprint density at radius 1 is 1.06 bits per heavy atom. The quantitative estimate of drug-likeness (QED) is 0.560. The fraction of sp³-hybridized carbons (Fsp3) is 0.391. The molecule has 0 aliphatic carbocycles. The predicted molar refractivity (Wildman–Crippen MR) is 128 cm³/mol. The van der Waals surface area contributed by atoms with Crippen molar-refractivity contribution in [1.29, 1.82) is 0 Å². The van der Waals surface area contributed by atoms with Crippen LogP contribution >= 0.6 is 12.2 Å². The second kappa shape index (κ2) is 8.90. The zero-order chi connectivity index (χ0) is 23.0. The highest BCUT2D eigenvalue weighted by molar-refractivity contribution is 7.89. The van der Waals surface area contributed by atoms with E-state index >= 15 is 0 Å². The number of nitrogens with one attached hydrogen (secondary N) is 1. The number of likely N-dealkylation sites (tertiary alicyclic amines) is 1. The Morgan fingerprint density at radius 2 is 1.69 bits per heavy atom. The second-order valence-electron chi connectivity index (χ2n) is 8.61. The van der Waals surface area contributed by atoms with Crippen LogP contribution in [0.15, 0.2) is 47.4 Å². The van der Waals surface area contributed by atoms with Gasteiger partial charge in [0, 0.05) is 32.5 Å². The van der Waals surface area contributed by atoms with Crippen LogP contribution in [0, 0.1) is 18.6 Å². The number of hydrogen-bond acceptors (Lipinski definition) is 4. The molecule has 170 valence electrons. The molecule has 0 spiro atoms. The van der Waals surface area contributed by atoms with Gasteiger partial charge in [-0.2, -0.15) is 4.68 Å². The smallest absolute Gasteiger partial charge is 0.242 e. The third-order valence-corrected chi connectivity index (χ3v) is 8.26. The number of nitrogens with zero attached hydrogens (tertiary/aromatic N) is 4. The summed E-state index contributed by atoms with van der Waals surface area (Å²) in [5.41, 5.74) is 3.90. The van der Waals surface area contributed by atoms with Gasteiger partial charge in [-0.3, -0.25) is 4.57 Å². The fourth-order valence-corrected chi connectivity index (χ4v) is 5.54. The van der Waals surface area contributed by atoms with Gasteiger partial charge in [0.2, 0.25) is 14.8 Å². The first-order valence-corrected chi connectivity index (χ1v) is 12.7. The third kappa shape index (κ3) is 4.17. The van der Waals surface area contributed by atoms with Crippen LogP contribution in [0.25, 0.3) is 17.1 Å². The highest BCUT2D eigenvalue weighted by Gasteiger charge is 2.23. The van der Waals surface area contributed by atoms with Gasteiger partial charge in [0.15, 0.2) is 12.5 Å². The Bertz CT molecular complexity index is 1280. The normalized spacial score (nSPS) is 15.0. The lowest BCUT2D eigenvalue weighted by atomic mass is 10.1. The molecule has 2 heterocycles. The summed E-state index contributed by atoms with van der Waals surface area (Å²) in [6, 6.07) is 13.1. The number of para-hydroxylation sites is 1. The molecule has 3 aromatic rings. The zero-order valence-corrected chi connectivity index (χ0v) is 20.6. The van der Waals surface area contributed by atoms with E-state index in [1.165, 1.54) is 36.1 Å². The van der Waals surface area contributed by atoms with Crippen LogP contribution in [0.1, 0.15) is 24.0 Å². The van der Waals surface area contributed by atoms with Gasteiger partial charge in [0.1, 0.15) is 0 Å². The van der Waals surface area contributed by atoms with Crippen LogP contribution in [0.2, 0.25) is 0 Å². The number of quaternary nitrogens is 1. The highest BCUT2D eigenvalue weighted by Crippen LogP contribution is 2.28. The van der Waals surface area contributed by atoms with E-state index in [1.54, 1.807) is 18.2 Å². The van der Waals surface area contributed by atoms with Crippen LogP contribution in [0.5, 0.6) is 0 Å². The van der Waals surface area contributed by atoms with Crippen molar-refractivity contribution in [1.82, 2.24) is 18.7 Å². The van der Waals surface area contributed by atoms with Gasteiger partial charge >= 0.3 is 0 Å². The molecule has 1 saturated heterocycles. The number of hydrogen-bond donors (Lipinski definition) is 1. The van der Waals surface area contributed by atoms with Crippen molar-refractivity contribution in [2.24, 2.45) is 0 Å². The van der Waals surface area contributed by atoms with Crippen LogP contribution in [0.3, 0.4) is 0 Å². The van der Waals surface area contributed by atoms with Crippen LogP contribution < -0.4 is 4.90 Å². The Labute approximate surface area is 195 Å². The summed E-state index contributed by atoms with van der Waals surface area (Å²) in [5, 5.41) is 4.92. The molecule has 0 amide bonds. The van der Waals surface area contributed by atoms with Crippen molar-refractivity contribution in [3.05, 3.63) is 58.4 Å². The molecule has 0 unspecified atom stereocenters. The lowest BCUT2D eigenvalue weighted by molar-refractivity contribution is -0.911. The maximum absolute atomic E-state index is 12.8. The Balaban J connectivity index is 1.93. The molecule has 0 radical (unpaired) electrons. The molecular formula is C23H30N5O2S2+. The van der Waals surface area contributed by atoms with Crippen molar-refractivity contribution in [3.63, 3.8) is 0 Å². The number of aryl methyl sites for hydroxylation is 2. The van der Waals surface area contributed by atoms with E-state index in [0.29, 0.717) is 17.3 Å². The van der Waals surface area contributed by atoms with Gasteiger partial charge in [0.25, 0.3) is 0 Å². The van der Waals surface area contributed by atoms with E-state index in [9.17, 15) is 8.42 Å². The van der Waals surface area contributed by atoms with E-state index in [0.717, 1.165) is 35.5 Å². The molecule has 4 rings (SSSR count). The molecule has 1 N–H and O–H groups in total. The summed E-state index contributed by atoms with van der Waals surface area (Å²) in [4.78, 5) is 1.70. The minimum absolute atomic E-state index is 0.235. The first-order valence-electron chi connectivity index (χ1n) is 10.8. The van der Waals surface area contributed by atoms with E-state index in [2.05, 4.69) is 26.0 Å². The van der Waals surface area contributed by atoms with Gasteiger partial charge < -0.3 is 4.90 Å². The van der Waals surface area contributed by atoms with Crippen molar-refractivity contribution < 1.29 is 13.3 Å².